The third-order valence-electron chi connectivity index (χ3n) is 4.64. The molecule has 0 saturated carbocycles. The maximum absolute atomic E-state index is 12.2. The lowest BCUT2D eigenvalue weighted by atomic mass is 9.74. The first-order chi connectivity index (χ1) is 10.7. The van der Waals surface area contributed by atoms with Gasteiger partial charge in [0, 0.05) is 25.1 Å². The van der Waals surface area contributed by atoms with Crippen molar-refractivity contribution < 1.29 is 14.6 Å². The van der Waals surface area contributed by atoms with Gasteiger partial charge in [-0.3, -0.25) is 0 Å². The van der Waals surface area contributed by atoms with Gasteiger partial charge in [0.05, 0.1) is 0 Å². The first-order valence-corrected chi connectivity index (χ1v) is 8.38. The van der Waals surface area contributed by atoms with Crippen LogP contribution in [-0.4, -0.2) is 41.4 Å². The highest BCUT2D eigenvalue weighted by Gasteiger charge is 2.37. The van der Waals surface area contributed by atoms with Crippen molar-refractivity contribution in [2.24, 2.45) is 5.41 Å². The van der Waals surface area contributed by atoms with Crippen LogP contribution in [0.3, 0.4) is 0 Å². The van der Waals surface area contributed by atoms with Crippen molar-refractivity contribution in [2.75, 3.05) is 19.7 Å². The Hall–Kier alpha value is -1.55. The van der Waals surface area contributed by atoms with Gasteiger partial charge in [0.2, 0.25) is 0 Å². The van der Waals surface area contributed by atoms with E-state index in [1.54, 1.807) is 4.90 Å². The standard InChI is InChI=1S/C19H29NO3/c1-15-7-5-6-8-16(15)13-19(14-21)9-11-20(12-10-19)17(22)23-18(2,3)4/h5-8,21H,9-14H2,1-4H3. The van der Waals surface area contributed by atoms with Crippen LogP contribution in [0.15, 0.2) is 24.3 Å². The summed E-state index contributed by atoms with van der Waals surface area (Å²) in [4.78, 5) is 13.9. The Morgan fingerprint density at radius 3 is 2.39 bits per heavy atom. The maximum Gasteiger partial charge on any atom is 0.410 e. The molecule has 4 heteroatoms. The van der Waals surface area contributed by atoms with E-state index in [2.05, 4.69) is 19.1 Å². The van der Waals surface area contributed by atoms with Gasteiger partial charge >= 0.3 is 6.09 Å². The van der Waals surface area contributed by atoms with E-state index >= 15 is 0 Å². The molecular formula is C19H29NO3. The van der Waals surface area contributed by atoms with Gasteiger partial charge in [-0.1, -0.05) is 24.3 Å². The molecule has 0 bridgehead atoms. The van der Waals surface area contributed by atoms with Crippen LogP contribution in [0.1, 0.15) is 44.7 Å². The zero-order valence-corrected chi connectivity index (χ0v) is 14.8. The van der Waals surface area contributed by atoms with Crippen LogP contribution in [-0.2, 0) is 11.2 Å². The van der Waals surface area contributed by atoms with Crippen LogP contribution in [0.5, 0.6) is 0 Å². The average Bonchev–Trinajstić information content (AvgIpc) is 2.48. The molecule has 0 spiro atoms. The third kappa shape index (κ3) is 4.71. The van der Waals surface area contributed by atoms with Crippen molar-refractivity contribution in [2.45, 2.75) is 52.6 Å². The highest BCUT2D eigenvalue weighted by molar-refractivity contribution is 5.68. The van der Waals surface area contributed by atoms with Gasteiger partial charge in [-0.2, -0.15) is 0 Å². The second-order valence-corrected chi connectivity index (χ2v) is 7.73. The molecular weight excluding hydrogens is 290 g/mol. The number of likely N-dealkylation sites (tertiary alicyclic amines) is 1. The van der Waals surface area contributed by atoms with E-state index in [-0.39, 0.29) is 18.1 Å². The molecule has 0 atom stereocenters. The fraction of sp³-hybridized carbons (Fsp3) is 0.632. The molecule has 1 aromatic carbocycles. The van der Waals surface area contributed by atoms with E-state index in [9.17, 15) is 9.90 Å². The fourth-order valence-corrected chi connectivity index (χ4v) is 3.09. The Morgan fingerprint density at radius 2 is 1.87 bits per heavy atom. The Morgan fingerprint density at radius 1 is 1.26 bits per heavy atom. The summed E-state index contributed by atoms with van der Waals surface area (Å²) in [5.74, 6) is 0. The van der Waals surface area contributed by atoms with Gasteiger partial charge in [0.15, 0.2) is 0 Å². The Bertz CT molecular complexity index is 540. The van der Waals surface area contributed by atoms with Gasteiger partial charge in [-0.05, 0) is 58.1 Å². The maximum atomic E-state index is 12.2. The summed E-state index contributed by atoms with van der Waals surface area (Å²) in [5, 5.41) is 9.97. The highest BCUT2D eigenvalue weighted by Crippen LogP contribution is 2.35. The van der Waals surface area contributed by atoms with Crippen LogP contribution in [0, 0.1) is 12.3 Å². The number of benzene rings is 1. The van der Waals surface area contributed by atoms with Crippen molar-refractivity contribution in [3.8, 4) is 0 Å². The number of aliphatic hydroxyl groups excluding tert-OH is 1. The van der Waals surface area contributed by atoms with Crippen LogP contribution >= 0.6 is 0 Å². The quantitative estimate of drug-likeness (QED) is 0.927. The molecule has 128 valence electrons. The molecule has 0 aliphatic carbocycles. The molecule has 1 saturated heterocycles. The van der Waals surface area contributed by atoms with Crippen LogP contribution in [0.4, 0.5) is 4.79 Å². The molecule has 23 heavy (non-hydrogen) atoms. The molecule has 1 aliphatic rings. The van der Waals surface area contributed by atoms with Gasteiger partial charge in [-0.15, -0.1) is 0 Å². The second-order valence-electron chi connectivity index (χ2n) is 7.73. The van der Waals surface area contributed by atoms with Crippen LogP contribution < -0.4 is 0 Å². The monoisotopic (exact) mass is 319 g/mol. The first kappa shape index (κ1) is 17.8. The number of hydrogen-bond acceptors (Lipinski definition) is 3. The van der Waals surface area contributed by atoms with E-state index in [4.69, 9.17) is 4.74 Å². The number of ether oxygens (including phenoxy) is 1. The average molecular weight is 319 g/mol. The molecule has 1 heterocycles. The molecule has 1 aromatic rings. The molecule has 0 aromatic heterocycles. The van der Waals surface area contributed by atoms with Gasteiger partial charge in [0.25, 0.3) is 0 Å². The molecule has 1 N–H and O–H groups in total. The number of aliphatic hydroxyl groups is 1. The van der Waals surface area contributed by atoms with Crippen molar-refractivity contribution in [1.82, 2.24) is 4.90 Å². The van der Waals surface area contributed by atoms with E-state index in [0.29, 0.717) is 13.1 Å². The summed E-state index contributed by atoms with van der Waals surface area (Å²) >= 11 is 0. The molecule has 1 fully saturated rings. The Balaban J connectivity index is 2.00. The van der Waals surface area contributed by atoms with Crippen molar-refractivity contribution in [1.29, 1.82) is 0 Å². The topological polar surface area (TPSA) is 49.8 Å². The SMILES string of the molecule is Cc1ccccc1CC1(CO)CCN(C(=O)OC(C)(C)C)CC1. The number of nitrogens with zero attached hydrogens (tertiary/aromatic N) is 1. The number of carbonyl (C=O) groups is 1. The summed E-state index contributed by atoms with van der Waals surface area (Å²) in [6.07, 6.45) is 2.21. The number of aryl methyl sites for hydroxylation is 1. The highest BCUT2D eigenvalue weighted by atomic mass is 16.6. The number of rotatable bonds is 3. The summed E-state index contributed by atoms with van der Waals surface area (Å²) in [6.45, 7) is 9.18. The molecule has 0 radical (unpaired) electrons. The van der Waals surface area contributed by atoms with Crippen LogP contribution in [0.2, 0.25) is 0 Å². The summed E-state index contributed by atoms with van der Waals surface area (Å²) in [5.41, 5.74) is 1.94. The first-order valence-electron chi connectivity index (χ1n) is 8.38. The normalized spacial score (nSPS) is 17.9. The minimum absolute atomic E-state index is 0.134. The van der Waals surface area contributed by atoms with Crippen molar-refractivity contribution in [3.63, 3.8) is 0 Å². The van der Waals surface area contributed by atoms with Crippen molar-refractivity contribution >= 4 is 6.09 Å². The van der Waals surface area contributed by atoms with E-state index in [0.717, 1.165) is 19.3 Å². The minimum Gasteiger partial charge on any atom is -0.444 e. The Labute approximate surface area is 139 Å². The molecule has 0 unspecified atom stereocenters. The number of hydrogen-bond donors (Lipinski definition) is 1. The van der Waals surface area contributed by atoms with E-state index in [1.165, 1.54) is 11.1 Å². The summed E-state index contributed by atoms with van der Waals surface area (Å²) in [6, 6.07) is 8.32. The van der Waals surface area contributed by atoms with E-state index < -0.39 is 5.60 Å². The Kier molecular flexibility index (Phi) is 5.35. The zero-order valence-electron chi connectivity index (χ0n) is 14.8. The fourth-order valence-electron chi connectivity index (χ4n) is 3.09. The predicted octanol–water partition coefficient (Wildman–Crippen LogP) is 3.55. The van der Waals surface area contributed by atoms with E-state index in [1.807, 2.05) is 32.9 Å². The predicted molar refractivity (Wildman–Crippen MR) is 91.4 cm³/mol. The number of piperidine rings is 1. The van der Waals surface area contributed by atoms with Gasteiger partial charge in [0.1, 0.15) is 5.60 Å². The zero-order chi connectivity index (χ0) is 17.1. The minimum atomic E-state index is -0.469. The lowest BCUT2D eigenvalue weighted by Gasteiger charge is -2.41. The van der Waals surface area contributed by atoms with Gasteiger partial charge < -0.3 is 14.7 Å². The van der Waals surface area contributed by atoms with Crippen molar-refractivity contribution in [3.05, 3.63) is 35.4 Å². The second kappa shape index (κ2) is 6.91. The summed E-state index contributed by atoms with van der Waals surface area (Å²) < 4.78 is 5.44. The van der Waals surface area contributed by atoms with Crippen LogP contribution in [0.25, 0.3) is 0 Å². The number of amides is 1. The molecule has 4 nitrogen and oxygen atoms in total. The lowest BCUT2D eigenvalue weighted by Crippen LogP contribution is -2.47. The number of carbonyl (C=O) groups excluding carboxylic acids is 1. The summed E-state index contributed by atoms with van der Waals surface area (Å²) in [7, 11) is 0. The van der Waals surface area contributed by atoms with Gasteiger partial charge in [-0.25, -0.2) is 4.79 Å². The molecule has 1 aliphatic heterocycles. The molecule has 2 rings (SSSR count). The lowest BCUT2D eigenvalue weighted by molar-refractivity contribution is -0.000219. The smallest absolute Gasteiger partial charge is 0.410 e. The third-order valence-corrected chi connectivity index (χ3v) is 4.64. The largest absolute Gasteiger partial charge is 0.444 e. The molecule has 1 amide bonds.